The lowest BCUT2D eigenvalue weighted by Gasteiger charge is -2.17. The largest absolute Gasteiger partial charge is 0.573 e. The molecule has 0 aliphatic heterocycles. The summed E-state index contributed by atoms with van der Waals surface area (Å²) in [6, 6.07) is 7.37. The van der Waals surface area contributed by atoms with Crippen molar-refractivity contribution in [3.8, 4) is 29.2 Å². The van der Waals surface area contributed by atoms with Crippen LogP contribution < -0.4 is 4.74 Å². The lowest BCUT2D eigenvalue weighted by Crippen LogP contribution is -2.18. The summed E-state index contributed by atoms with van der Waals surface area (Å²) in [5.74, 6) is 1.42. The van der Waals surface area contributed by atoms with Crippen LogP contribution in [0.4, 0.5) is 26.3 Å². The van der Waals surface area contributed by atoms with Crippen LogP contribution in [0.25, 0.3) is 11.1 Å². The van der Waals surface area contributed by atoms with Crippen molar-refractivity contribution in [2.24, 2.45) is 0 Å². The molecule has 2 aromatic carbocycles. The Kier molecular flexibility index (Phi) is 4.28. The average Bonchev–Trinajstić information content (AvgIpc) is 2.44. The molecule has 1 nitrogen and oxygen atoms in total. The Balaban J connectivity index is 2.69. The van der Waals surface area contributed by atoms with Crippen molar-refractivity contribution in [2.75, 3.05) is 0 Å². The van der Waals surface area contributed by atoms with Gasteiger partial charge in [-0.15, -0.1) is 19.6 Å². The lowest BCUT2D eigenvalue weighted by atomic mass is 9.96. The van der Waals surface area contributed by atoms with Crippen LogP contribution in [0.15, 0.2) is 42.5 Å². The fourth-order valence-electron chi connectivity index (χ4n) is 2.01. The molecule has 0 aliphatic rings. The number of hydrogen-bond donors (Lipinski definition) is 0. The summed E-state index contributed by atoms with van der Waals surface area (Å²) in [6.45, 7) is 0. The van der Waals surface area contributed by atoms with Gasteiger partial charge in [0.25, 0.3) is 0 Å². The highest BCUT2D eigenvalue weighted by molar-refractivity contribution is 5.75. The van der Waals surface area contributed by atoms with Gasteiger partial charge in [-0.1, -0.05) is 24.1 Å². The highest BCUT2D eigenvalue weighted by Crippen LogP contribution is 2.41. The number of para-hydroxylation sites is 1. The van der Waals surface area contributed by atoms with Gasteiger partial charge < -0.3 is 4.74 Å². The first-order chi connectivity index (χ1) is 10.6. The van der Waals surface area contributed by atoms with Crippen LogP contribution in [0, 0.1) is 12.3 Å². The topological polar surface area (TPSA) is 9.23 Å². The van der Waals surface area contributed by atoms with Crippen molar-refractivity contribution in [3.63, 3.8) is 0 Å². The van der Waals surface area contributed by atoms with Crippen molar-refractivity contribution in [3.05, 3.63) is 53.6 Å². The van der Waals surface area contributed by atoms with Gasteiger partial charge in [-0.3, -0.25) is 0 Å². The molecule has 0 atom stereocenters. The van der Waals surface area contributed by atoms with Crippen molar-refractivity contribution in [1.82, 2.24) is 0 Å². The van der Waals surface area contributed by atoms with Crippen molar-refractivity contribution >= 4 is 0 Å². The average molecular weight is 330 g/mol. The molecule has 2 aromatic rings. The second kappa shape index (κ2) is 5.88. The number of rotatable bonds is 2. The third kappa shape index (κ3) is 3.97. The van der Waals surface area contributed by atoms with Crippen LogP contribution in [-0.2, 0) is 6.18 Å². The van der Waals surface area contributed by atoms with Crippen LogP contribution in [0.3, 0.4) is 0 Å². The fraction of sp³-hybridized carbons (Fsp3) is 0.125. The van der Waals surface area contributed by atoms with Gasteiger partial charge in [-0.05, 0) is 29.8 Å². The molecule has 0 aliphatic carbocycles. The van der Waals surface area contributed by atoms with Crippen LogP contribution >= 0.6 is 0 Å². The molecule has 0 spiro atoms. The smallest absolute Gasteiger partial charge is 0.405 e. The minimum absolute atomic E-state index is 0.106. The number of ether oxygens (including phenoxy) is 1. The standard InChI is InChI=1S/C16H8F6O/c1-2-10-7-8-13(15(17,18)19)12(9-10)11-5-3-4-6-14(11)23-16(20,21)22/h1,3-9H. The number of benzene rings is 2. The Bertz CT molecular complexity index is 752. The Morgan fingerprint density at radius 2 is 1.52 bits per heavy atom. The molecule has 0 N–H and O–H groups in total. The van der Waals surface area contributed by atoms with Crippen molar-refractivity contribution < 1.29 is 31.1 Å². The fourth-order valence-corrected chi connectivity index (χ4v) is 2.01. The molecule has 0 saturated heterocycles. The molecule has 0 unspecified atom stereocenters. The number of hydrogen-bond acceptors (Lipinski definition) is 1. The zero-order chi connectivity index (χ0) is 17.3. The molecule has 0 saturated carbocycles. The predicted molar refractivity (Wildman–Crippen MR) is 71.5 cm³/mol. The maximum Gasteiger partial charge on any atom is 0.573 e. The van der Waals surface area contributed by atoms with Gasteiger partial charge in [0.05, 0.1) is 5.56 Å². The normalized spacial score (nSPS) is 11.9. The number of alkyl halides is 6. The van der Waals surface area contributed by atoms with E-state index in [2.05, 4.69) is 10.7 Å². The van der Waals surface area contributed by atoms with Gasteiger partial charge >= 0.3 is 12.5 Å². The monoisotopic (exact) mass is 330 g/mol. The van der Waals surface area contributed by atoms with E-state index in [1.165, 1.54) is 12.1 Å². The molecule has 0 aromatic heterocycles. The number of halogens is 6. The molecule has 0 heterocycles. The van der Waals surface area contributed by atoms with Crippen LogP contribution in [0.2, 0.25) is 0 Å². The summed E-state index contributed by atoms with van der Waals surface area (Å²) >= 11 is 0. The molecular formula is C16H8F6O. The molecule has 23 heavy (non-hydrogen) atoms. The highest BCUT2D eigenvalue weighted by Gasteiger charge is 2.36. The minimum Gasteiger partial charge on any atom is -0.405 e. The Labute approximate surface area is 127 Å². The van der Waals surface area contributed by atoms with Crippen LogP contribution in [0.1, 0.15) is 11.1 Å². The SMILES string of the molecule is C#Cc1ccc(C(F)(F)F)c(-c2ccccc2OC(F)(F)F)c1. The first-order valence-corrected chi connectivity index (χ1v) is 6.15. The maximum absolute atomic E-state index is 13.1. The van der Waals surface area contributed by atoms with Gasteiger partial charge in [0.2, 0.25) is 0 Å². The number of terminal acetylenes is 1. The molecular weight excluding hydrogens is 322 g/mol. The quantitative estimate of drug-likeness (QED) is 0.540. The third-order valence-electron chi connectivity index (χ3n) is 2.89. The molecule has 0 radical (unpaired) electrons. The molecule has 0 amide bonds. The van der Waals surface area contributed by atoms with Crippen molar-refractivity contribution in [2.45, 2.75) is 12.5 Å². The minimum atomic E-state index is -5.03. The van der Waals surface area contributed by atoms with Gasteiger partial charge in [-0.25, -0.2) is 0 Å². The predicted octanol–water partition coefficient (Wildman–Crippen LogP) is 5.25. The van der Waals surface area contributed by atoms with E-state index < -0.39 is 29.4 Å². The highest BCUT2D eigenvalue weighted by atomic mass is 19.4. The van der Waals surface area contributed by atoms with Gasteiger partial charge in [0.1, 0.15) is 5.75 Å². The maximum atomic E-state index is 13.1. The Hall–Kier alpha value is -2.62. The van der Waals surface area contributed by atoms with E-state index in [-0.39, 0.29) is 11.1 Å². The summed E-state index contributed by atoms with van der Waals surface area (Å²) in [5, 5.41) is 0. The first kappa shape index (κ1) is 16.7. The second-order valence-corrected chi connectivity index (χ2v) is 4.45. The van der Waals surface area contributed by atoms with Crippen LogP contribution in [0.5, 0.6) is 5.75 Å². The third-order valence-corrected chi connectivity index (χ3v) is 2.89. The first-order valence-electron chi connectivity index (χ1n) is 6.15. The molecule has 0 fully saturated rings. The Morgan fingerprint density at radius 1 is 0.870 bits per heavy atom. The molecule has 2 rings (SSSR count). The summed E-state index contributed by atoms with van der Waals surface area (Å²) in [4.78, 5) is 0. The van der Waals surface area contributed by atoms with E-state index in [0.29, 0.717) is 0 Å². The van der Waals surface area contributed by atoms with E-state index in [0.717, 1.165) is 30.3 Å². The van der Waals surface area contributed by atoms with Crippen LogP contribution in [-0.4, -0.2) is 6.36 Å². The van der Waals surface area contributed by atoms with E-state index in [4.69, 9.17) is 6.42 Å². The molecule has 7 heteroatoms. The van der Waals surface area contributed by atoms with E-state index in [1.807, 2.05) is 0 Å². The second-order valence-electron chi connectivity index (χ2n) is 4.45. The van der Waals surface area contributed by atoms with E-state index in [9.17, 15) is 26.3 Å². The van der Waals surface area contributed by atoms with E-state index >= 15 is 0 Å². The van der Waals surface area contributed by atoms with Gasteiger partial charge in [0.15, 0.2) is 0 Å². The summed E-state index contributed by atoms with van der Waals surface area (Å²) in [6.07, 6.45) is -4.63. The summed E-state index contributed by atoms with van der Waals surface area (Å²) in [5.41, 5.74) is -1.83. The summed E-state index contributed by atoms with van der Waals surface area (Å²) in [7, 11) is 0. The zero-order valence-electron chi connectivity index (χ0n) is 11.3. The summed E-state index contributed by atoms with van der Waals surface area (Å²) < 4.78 is 80.5. The zero-order valence-corrected chi connectivity index (χ0v) is 11.3. The van der Waals surface area contributed by atoms with Gasteiger partial charge in [-0.2, -0.15) is 13.2 Å². The lowest BCUT2D eigenvalue weighted by molar-refractivity contribution is -0.274. The van der Waals surface area contributed by atoms with Crippen molar-refractivity contribution in [1.29, 1.82) is 0 Å². The van der Waals surface area contributed by atoms with Gasteiger partial charge in [0, 0.05) is 11.1 Å². The molecule has 120 valence electrons. The van der Waals surface area contributed by atoms with E-state index in [1.54, 1.807) is 0 Å². The Morgan fingerprint density at radius 3 is 2.09 bits per heavy atom. The molecule has 0 bridgehead atoms.